The normalized spacial score (nSPS) is 36.2. The molecular weight excluding hydrogens is 786 g/mol. The number of nitrogens with one attached hydrogen (secondary N) is 3. The number of hydrogen-bond donors (Lipinski definition) is 12. The number of carbonyl (C=O) groups is 3. The lowest BCUT2D eigenvalue weighted by atomic mass is 9.82. The van der Waals surface area contributed by atoms with Crippen LogP contribution in [0, 0.1) is 17.8 Å². The quantitative estimate of drug-likeness (QED) is 0.0418. The largest absolute Gasteiger partial charge is 0.394 e. The van der Waals surface area contributed by atoms with Crippen LogP contribution in [0.1, 0.15) is 79.6 Å². The molecule has 3 aliphatic rings. The number of hydrogen-bond acceptors (Lipinski definition) is 19. The molecular formula is C38H69N3O18. The van der Waals surface area contributed by atoms with Crippen molar-refractivity contribution in [3.63, 3.8) is 0 Å². The average Bonchev–Trinajstić information content (AvgIpc) is 3.21. The van der Waals surface area contributed by atoms with Crippen molar-refractivity contribution in [3.05, 3.63) is 0 Å². The number of ketones is 1. The summed E-state index contributed by atoms with van der Waals surface area (Å²) in [6, 6.07) is -0.144. The Bertz CT molecular complexity index is 1140. The van der Waals surface area contributed by atoms with Gasteiger partial charge in [0.05, 0.1) is 44.7 Å². The third-order valence-corrected chi connectivity index (χ3v) is 11.4. The van der Waals surface area contributed by atoms with Gasteiger partial charge in [0.2, 0.25) is 11.8 Å². The standard InChI is InChI=1S/C38H69N3O18/c1-19(2)41-38(10-6-23(45)9-13-54-35-20(3)29(48)32(51)24(14-42)57-35,11-7-27(46)39-17-55-36-21(4)30(49)33(52)25(15-43)58-36)12-8-28(47)40-18-56-37-22(5)31(50)34(53)26(16-44)59-37/h19-22,24-26,29-37,41-44,48-53H,6-18H2,1-5H3,(H,39,46)(H,40,47)/t20-,21-,22-,24?,25?,26?,29?,30?,31?,32-,33-,34-,35+,36+,37+,38?/m0/s1. The lowest BCUT2D eigenvalue weighted by Gasteiger charge is -2.40. The molecule has 3 saturated heterocycles. The van der Waals surface area contributed by atoms with Crippen LogP contribution in [0.5, 0.6) is 0 Å². The monoisotopic (exact) mass is 855 g/mol. The minimum Gasteiger partial charge on any atom is -0.394 e. The number of rotatable bonds is 24. The van der Waals surface area contributed by atoms with Crippen molar-refractivity contribution in [1.29, 1.82) is 0 Å². The Morgan fingerprint density at radius 2 is 0.915 bits per heavy atom. The predicted molar refractivity (Wildman–Crippen MR) is 203 cm³/mol. The Balaban J connectivity index is 1.62. The van der Waals surface area contributed by atoms with Crippen molar-refractivity contribution in [2.45, 2.75) is 165 Å². The molecule has 6 unspecified atom stereocenters. The number of aliphatic hydroxyl groups excluding tert-OH is 9. The van der Waals surface area contributed by atoms with E-state index in [9.17, 15) is 60.3 Å². The van der Waals surface area contributed by atoms with E-state index in [0.29, 0.717) is 0 Å². The van der Waals surface area contributed by atoms with Gasteiger partial charge < -0.3 is 90.3 Å². The van der Waals surface area contributed by atoms with E-state index in [2.05, 4.69) is 16.0 Å². The van der Waals surface area contributed by atoms with E-state index in [1.54, 1.807) is 20.8 Å². The maximum atomic E-state index is 13.2. The molecule has 0 aromatic heterocycles. The van der Waals surface area contributed by atoms with Gasteiger partial charge in [-0.2, -0.15) is 0 Å². The van der Waals surface area contributed by atoms with Gasteiger partial charge in [-0.25, -0.2) is 0 Å². The van der Waals surface area contributed by atoms with Crippen molar-refractivity contribution < 1.29 is 88.8 Å². The zero-order valence-electron chi connectivity index (χ0n) is 34.6. The Hall–Kier alpha value is -2.03. The summed E-state index contributed by atoms with van der Waals surface area (Å²) in [5.41, 5.74) is -0.915. The minimum absolute atomic E-state index is 0.0303. The maximum absolute atomic E-state index is 13.2. The van der Waals surface area contributed by atoms with Gasteiger partial charge >= 0.3 is 0 Å². The van der Waals surface area contributed by atoms with Crippen LogP contribution in [0.25, 0.3) is 0 Å². The van der Waals surface area contributed by atoms with E-state index in [1.807, 2.05) is 13.8 Å². The molecule has 21 nitrogen and oxygen atoms in total. The minimum atomic E-state index is -1.31. The lowest BCUT2D eigenvalue weighted by molar-refractivity contribution is -0.283. The molecule has 12 N–H and O–H groups in total. The molecule has 0 aliphatic carbocycles. The molecule has 0 aromatic carbocycles. The smallest absolute Gasteiger partial charge is 0.221 e. The fourth-order valence-electron chi connectivity index (χ4n) is 7.52. The first-order valence-electron chi connectivity index (χ1n) is 20.4. The molecule has 0 spiro atoms. The van der Waals surface area contributed by atoms with E-state index >= 15 is 0 Å². The van der Waals surface area contributed by atoms with E-state index in [1.165, 1.54) is 0 Å². The lowest BCUT2D eigenvalue weighted by Crippen LogP contribution is -2.56. The summed E-state index contributed by atoms with van der Waals surface area (Å²) in [4.78, 5) is 39.5. The fraction of sp³-hybridized carbons (Fsp3) is 0.921. The summed E-state index contributed by atoms with van der Waals surface area (Å²) in [6.07, 6.45) is -13.3. The van der Waals surface area contributed by atoms with E-state index in [0.717, 1.165) is 0 Å². The Morgan fingerprint density at radius 3 is 1.27 bits per heavy atom. The second kappa shape index (κ2) is 24.6. The molecule has 0 radical (unpaired) electrons. The average molecular weight is 856 g/mol. The van der Waals surface area contributed by atoms with Crippen molar-refractivity contribution in [3.8, 4) is 0 Å². The van der Waals surface area contributed by atoms with Crippen LogP contribution < -0.4 is 16.0 Å². The van der Waals surface area contributed by atoms with E-state index < -0.39 is 129 Å². The molecule has 344 valence electrons. The molecule has 3 heterocycles. The zero-order chi connectivity index (χ0) is 44.0. The van der Waals surface area contributed by atoms with Gasteiger partial charge in [-0.05, 0) is 19.3 Å². The number of amides is 2. The van der Waals surface area contributed by atoms with Gasteiger partial charge in [0.25, 0.3) is 0 Å². The number of aliphatic hydroxyl groups is 9. The van der Waals surface area contributed by atoms with Gasteiger partial charge in [0, 0.05) is 55.0 Å². The van der Waals surface area contributed by atoms with E-state index in [4.69, 9.17) is 28.4 Å². The highest BCUT2D eigenvalue weighted by atomic mass is 16.7. The zero-order valence-corrected chi connectivity index (χ0v) is 34.6. The SMILES string of the molecule is CC(C)NC(CCC(=O)CCO[C@@H]1OC(CO)[C@H](O)C(O)[C@@H]1C)(CCC(=O)NCO[C@@H]1OC(CO)[C@H](O)C(O)[C@@H]1C)CCC(=O)NCO[C@@H]1OC(CO)[C@H](O)C(O)[C@@H]1C. The predicted octanol–water partition coefficient (Wildman–Crippen LogP) is -3.55. The molecule has 3 rings (SSSR count). The first-order valence-corrected chi connectivity index (χ1v) is 20.4. The summed E-state index contributed by atoms with van der Waals surface area (Å²) in [5, 5.41) is 98.5. The number of Topliss-reactive ketones (excluding diaryl/α,β-unsaturated/α-hetero) is 1. The van der Waals surface area contributed by atoms with Crippen LogP contribution in [0.15, 0.2) is 0 Å². The Labute approximate surface area is 344 Å². The second-order valence-corrected chi connectivity index (χ2v) is 16.3. The van der Waals surface area contributed by atoms with Crippen molar-refractivity contribution in [1.82, 2.24) is 16.0 Å². The van der Waals surface area contributed by atoms with Crippen LogP contribution in [-0.4, -0.2) is 189 Å². The van der Waals surface area contributed by atoms with Crippen LogP contribution in [0.2, 0.25) is 0 Å². The Morgan fingerprint density at radius 1 is 0.559 bits per heavy atom. The van der Waals surface area contributed by atoms with Crippen LogP contribution in [0.4, 0.5) is 0 Å². The molecule has 3 fully saturated rings. The maximum Gasteiger partial charge on any atom is 0.221 e. The molecule has 59 heavy (non-hydrogen) atoms. The summed E-state index contributed by atoms with van der Waals surface area (Å²) in [5.74, 6) is -3.01. The van der Waals surface area contributed by atoms with Gasteiger partial charge in [0.15, 0.2) is 18.9 Å². The van der Waals surface area contributed by atoms with Crippen molar-refractivity contribution in [2.75, 3.05) is 39.9 Å². The molecule has 0 saturated carbocycles. The number of ether oxygens (including phenoxy) is 6. The highest BCUT2D eigenvalue weighted by molar-refractivity contribution is 5.79. The van der Waals surface area contributed by atoms with E-state index in [-0.39, 0.29) is 76.8 Å². The van der Waals surface area contributed by atoms with Gasteiger partial charge in [-0.1, -0.05) is 34.6 Å². The summed E-state index contributed by atoms with van der Waals surface area (Å²) in [7, 11) is 0. The number of carbonyl (C=O) groups excluding carboxylic acids is 3. The highest BCUT2D eigenvalue weighted by Gasteiger charge is 2.45. The molecule has 3 aliphatic heterocycles. The first kappa shape index (κ1) is 51.3. The topological polar surface area (TPSA) is 325 Å². The third-order valence-electron chi connectivity index (χ3n) is 11.4. The Kier molecular flexibility index (Phi) is 21.4. The van der Waals surface area contributed by atoms with Crippen LogP contribution >= 0.6 is 0 Å². The third kappa shape index (κ3) is 14.8. The summed E-state index contributed by atoms with van der Waals surface area (Å²) >= 11 is 0. The summed E-state index contributed by atoms with van der Waals surface area (Å²) in [6.45, 7) is 6.25. The molecule has 0 aromatic rings. The van der Waals surface area contributed by atoms with Crippen molar-refractivity contribution >= 4 is 17.6 Å². The first-order chi connectivity index (χ1) is 27.9. The van der Waals surface area contributed by atoms with Gasteiger partial charge in [-0.15, -0.1) is 0 Å². The molecule has 2 amide bonds. The highest BCUT2D eigenvalue weighted by Crippen LogP contribution is 2.30. The molecule has 0 bridgehead atoms. The second-order valence-electron chi connectivity index (χ2n) is 16.3. The van der Waals surface area contributed by atoms with Gasteiger partial charge in [0.1, 0.15) is 55.9 Å². The summed E-state index contributed by atoms with van der Waals surface area (Å²) < 4.78 is 33.6. The van der Waals surface area contributed by atoms with Crippen LogP contribution in [-0.2, 0) is 42.8 Å². The molecule has 21 heteroatoms. The van der Waals surface area contributed by atoms with Crippen molar-refractivity contribution in [2.24, 2.45) is 17.8 Å². The van der Waals surface area contributed by atoms with Gasteiger partial charge in [-0.3, -0.25) is 14.4 Å². The fourth-order valence-corrected chi connectivity index (χ4v) is 7.52. The van der Waals surface area contributed by atoms with Crippen LogP contribution in [0.3, 0.4) is 0 Å². The molecule has 15 atom stereocenters.